The fraction of sp³-hybridized carbons (Fsp3) is 0.250. The number of benzene rings is 2. The van der Waals surface area contributed by atoms with E-state index in [9.17, 15) is 13.2 Å². The van der Waals surface area contributed by atoms with Crippen LogP contribution in [0.1, 0.15) is 11.1 Å². The molecule has 0 aliphatic carbocycles. The molecule has 0 radical (unpaired) electrons. The van der Waals surface area contributed by atoms with E-state index in [1.807, 2.05) is 30.5 Å². The summed E-state index contributed by atoms with van der Waals surface area (Å²) in [5, 5.41) is 6.07. The maximum atomic E-state index is 12.8. The molecule has 1 N–H and O–H groups in total. The number of carbonyl (C=O) groups is 1. The number of sulfonamides is 1. The van der Waals surface area contributed by atoms with Gasteiger partial charge in [-0.2, -0.15) is 4.31 Å². The number of morpholine rings is 1. The zero-order valence-corrected chi connectivity index (χ0v) is 20.1. The Morgan fingerprint density at radius 3 is 2.68 bits per heavy atom. The monoisotopic (exact) mass is 497 g/mol. The minimum Gasteiger partial charge on any atom is -0.464 e. The lowest BCUT2D eigenvalue weighted by molar-refractivity contribution is -0.115. The predicted molar refractivity (Wildman–Crippen MR) is 130 cm³/mol. The van der Waals surface area contributed by atoms with Crippen LogP contribution in [0.3, 0.4) is 0 Å². The number of hydrogen-bond acceptors (Lipinski definition) is 7. The van der Waals surface area contributed by atoms with Gasteiger partial charge in [-0.15, -0.1) is 11.3 Å². The number of nitrogens with zero attached hydrogens (tertiary/aromatic N) is 2. The van der Waals surface area contributed by atoms with E-state index in [2.05, 4.69) is 10.3 Å². The molecule has 5 rings (SSSR count). The molecule has 1 aliphatic heterocycles. The average molecular weight is 498 g/mol. The van der Waals surface area contributed by atoms with E-state index in [0.29, 0.717) is 37.1 Å². The van der Waals surface area contributed by atoms with Crippen molar-refractivity contribution in [2.45, 2.75) is 18.2 Å². The van der Waals surface area contributed by atoms with E-state index in [1.54, 1.807) is 30.5 Å². The highest BCUT2D eigenvalue weighted by molar-refractivity contribution is 7.89. The van der Waals surface area contributed by atoms with E-state index in [-0.39, 0.29) is 17.2 Å². The third kappa shape index (κ3) is 4.62. The molecule has 176 valence electrons. The van der Waals surface area contributed by atoms with Crippen LogP contribution in [0.5, 0.6) is 0 Å². The second-order valence-electron chi connectivity index (χ2n) is 8.06. The Labute approximate surface area is 201 Å². The van der Waals surface area contributed by atoms with Crippen LogP contribution < -0.4 is 5.32 Å². The van der Waals surface area contributed by atoms with Crippen LogP contribution in [0.15, 0.2) is 63.4 Å². The van der Waals surface area contributed by atoms with Crippen molar-refractivity contribution in [3.05, 3.63) is 65.2 Å². The predicted octanol–water partition coefficient (Wildman–Crippen LogP) is 4.07. The van der Waals surface area contributed by atoms with Gasteiger partial charge in [0.1, 0.15) is 5.58 Å². The van der Waals surface area contributed by atoms with Gasteiger partial charge in [-0.05, 0) is 30.7 Å². The number of ether oxygens (including phenoxy) is 1. The van der Waals surface area contributed by atoms with Gasteiger partial charge in [0.2, 0.25) is 15.9 Å². The fourth-order valence-electron chi connectivity index (χ4n) is 3.86. The van der Waals surface area contributed by atoms with Gasteiger partial charge in [0.25, 0.3) is 0 Å². The second kappa shape index (κ2) is 9.30. The number of anilines is 1. The molecule has 0 unspecified atom stereocenters. The van der Waals surface area contributed by atoms with Crippen LogP contribution in [0.4, 0.5) is 5.13 Å². The summed E-state index contributed by atoms with van der Waals surface area (Å²) in [5.41, 5.74) is 4.12. The Hall–Kier alpha value is -3.05. The maximum Gasteiger partial charge on any atom is 0.243 e. The molecule has 2 aromatic heterocycles. The molecule has 34 heavy (non-hydrogen) atoms. The van der Waals surface area contributed by atoms with Crippen LogP contribution in [0.2, 0.25) is 0 Å². The van der Waals surface area contributed by atoms with Crippen molar-refractivity contribution in [3.63, 3.8) is 0 Å². The Morgan fingerprint density at radius 1 is 1.15 bits per heavy atom. The molecule has 1 amide bonds. The molecular formula is C24H23N3O5S2. The van der Waals surface area contributed by atoms with Crippen molar-refractivity contribution < 1.29 is 22.4 Å². The van der Waals surface area contributed by atoms with E-state index in [0.717, 1.165) is 27.7 Å². The van der Waals surface area contributed by atoms with Gasteiger partial charge in [-0.3, -0.25) is 4.79 Å². The SMILES string of the molecule is Cc1ccc2c(CC(=O)Nc3nc(-c4ccc(S(=O)(=O)N5CCOCC5)cc4)cs3)coc2c1. The molecule has 0 spiro atoms. The summed E-state index contributed by atoms with van der Waals surface area (Å²) < 4.78 is 37.8. The first-order valence-electron chi connectivity index (χ1n) is 10.8. The maximum absolute atomic E-state index is 12.8. The molecule has 0 atom stereocenters. The van der Waals surface area contributed by atoms with E-state index in [4.69, 9.17) is 9.15 Å². The quantitative estimate of drug-likeness (QED) is 0.431. The van der Waals surface area contributed by atoms with Gasteiger partial charge in [0, 0.05) is 35.0 Å². The number of rotatable bonds is 6. The first-order valence-corrected chi connectivity index (χ1v) is 13.1. The first kappa shape index (κ1) is 22.7. The summed E-state index contributed by atoms with van der Waals surface area (Å²) in [7, 11) is -3.54. The third-order valence-electron chi connectivity index (χ3n) is 5.67. The smallest absolute Gasteiger partial charge is 0.243 e. The van der Waals surface area contributed by atoms with Crippen molar-refractivity contribution in [2.24, 2.45) is 0 Å². The number of aryl methyl sites for hydroxylation is 1. The number of furan rings is 1. The Morgan fingerprint density at radius 2 is 1.91 bits per heavy atom. The zero-order chi connectivity index (χ0) is 23.7. The highest BCUT2D eigenvalue weighted by atomic mass is 32.2. The van der Waals surface area contributed by atoms with Gasteiger partial charge < -0.3 is 14.5 Å². The van der Waals surface area contributed by atoms with Gasteiger partial charge in [0.15, 0.2) is 5.13 Å². The zero-order valence-electron chi connectivity index (χ0n) is 18.5. The van der Waals surface area contributed by atoms with Crippen molar-refractivity contribution in [2.75, 3.05) is 31.6 Å². The minimum absolute atomic E-state index is 0.180. The van der Waals surface area contributed by atoms with Gasteiger partial charge >= 0.3 is 0 Å². The summed E-state index contributed by atoms with van der Waals surface area (Å²) in [4.78, 5) is 17.3. The van der Waals surface area contributed by atoms with Crippen molar-refractivity contribution >= 4 is 43.4 Å². The number of nitrogens with one attached hydrogen (secondary N) is 1. The average Bonchev–Trinajstić information content (AvgIpc) is 3.46. The Kier molecular flexibility index (Phi) is 6.22. The molecule has 1 fully saturated rings. The Balaban J connectivity index is 1.25. The number of fused-ring (bicyclic) bond motifs is 1. The first-order chi connectivity index (χ1) is 16.4. The van der Waals surface area contributed by atoms with Crippen LogP contribution >= 0.6 is 11.3 Å². The number of thiazole rings is 1. The number of hydrogen-bond donors (Lipinski definition) is 1. The van der Waals surface area contributed by atoms with Gasteiger partial charge in [0.05, 0.1) is 36.5 Å². The molecule has 1 aliphatic rings. The minimum atomic E-state index is -3.54. The molecule has 3 heterocycles. The topological polar surface area (TPSA) is 102 Å². The fourth-order valence-corrected chi connectivity index (χ4v) is 6.01. The van der Waals surface area contributed by atoms with Crippen LogP contribution in [0, 0.1) is 6.92 Å². The Bertz CT molecular complexity index is 1440. The van der Waals surface area contributed by atoms with Crippen molar-refractivity contribution in [3.8, 4) is 11.3 Å². The molecule has 0 bridgehead atoms. The molecule has 1 saturated heterocycles. The highest BCUT2D eigenvalue weighted by Gasteiger charge is 2.26. The molecule has 10 heteroatoms. The van der Waals surface area contributed by atoms with Gasteiger partial charge in [-0.1, -0.05) is 24.3 Å². The molecule has 8 nitrogen and oxygen atoms in total. The van der Waals surface area contributed by atoms with Gasteiger partial charge in [-0.25, -0.2) is 13.4 Å². The summed E-state index contributed by atoms with van der Waals surface area (Å²) in [6, 6.07) is 12.5. The largest absolute Gasteiger partial charge is 0.464 e. The molecule has 2 aromatic carbocycles. The summed E-state index contributed by atoms with van der Waals surface area (Å²) in [5.74, 6) is -0.184. The lowest BCUT2D eigenvalue weighted by Gasteiger charge is -2.26. The van der Waals surface area contributed by atoms with Crippen molar-refractivity contribution in [1.29, 1.82) is 0 Å². The number of carbonyl (C=O) groups excluding carboxylic acids is 1. The van der Waals surface area contributed by atoms with Crippen LogP contribution in [-0.2, 0) is 26.0 Å². The number of amides is 1. The summed E-state index contributed by atoms with van der Waals surface area (Å²) in [6.45, 7) is 3.51. The van der Waals surface area contributed by atoms with Crippen molar-refractivity contribution in [1.82, 2.24) is 9.29 Å². The van der Waals surface area contributed by atoms with E-state index >= 15 is 0 Å². The molecular weight excluding hydrogens is 474 g/mol. The molecule has 4 aromatic rings. The normalized spacial score (nSPS) is 15.0. The lowest BCUT2D eigenvalue weighted by atomic mass is 10.1. The third-order valence-corrected chi connectivity index (χ3v) is 8.34. The lowest BCUT2D eigenvalue weighted by Crippen LogP contribution is -2.40. The molecule has 0 saturated carbocycles. The van der Waals surface area contributed by atoms with Crippen LogP contribution in [-0.4, -0.2) is 49.9 Å². The summed E-state index contributed by atoms with van der Waals surface area (Å²) in [6.07, 6.45) is 1.79. The second-order valence-corrected chi connectivity index (χ2v) is 10.9. The number of aromatic nitrogens is 1. The highest BCUT2D eigenvalue weighted by Crippen LogP contribution is 2.28. The van der Waals surface area contributed by atoms with E-state index in [1.165, 1.54) is 15.6 Å². The van der Waals surface area contributed by atoms with E-state index < -0.39 is 10.0 Å². The standard InChI is InChI=1S/C24H23N3O5S2/c1-16-2-7-20-18(14-32-22(20)12-16)13-23(28)26-24-25-21(15-33-24)17-3-5-19(6-4-17)34(29,30)27-8-10-31-11-9-27/h2-7,12,14-15H,8-11,13H2,1H3,(H,25,26,28). The summed E-state index contributed by atoms with van der Waals surface area (Å²) >= 11 is 1.32. The van der Waals surface area contributed by atoms with Crippen LogP contribution in [0.25, 0.3) is 22.2 Å².